The van der Waals surface area contributed by atoms with Gasteiger partial charge in [-0.25, -0.2) is 5.43 Å². The lowest BCUT2D eigenvalue weighted by atomic mass is 10.2. The second kappa shape index (κ2) is 10.7. The van der Waals surface area contributed by atoms with Gasteiger partial charge in [-0.15, -0.1) is 0 Å². The number of nitro benzene ring substituents is 1. The van der Waals surface area contributed by atoms with Crippen LogP contribution in [0.5, 0.6) is 6.01 Å². The fourth-order valence-corrected chi connectivity index (χ4v) is 2.71. The lowest BCUT2D eigenvalue weighted by Crippen LogP contribution is -2.46. The third-order valence-corrected chi connectivity index (χ3v) is 4.54. The molecule has 0 unspecified atom stereocenters. The molecule has 190 valence electrons. The molecule has 2 aromatic carbocycles. The Labute approximate surface area is 205 Å². The number of benzene rings is 2. The Bertz CT molecular complexity index is 1220. The first kappa shape index (κ1) is 26.6. The first-order valence-corrected chi connectivity index (χ1v) is 10.2. The number of rotatable bonds is 8. The standard InChI is InChI=1S/C19H12BrF6N7O3/c20-11-3-1-10(2-4-11)9-27-32-16-29-15(28-12-5-7-13(8-6-12)33(34)35)30-17(31-16)36-14(18(21,22)23)19(24,25)26/h1-9,14H,(H2,28,29,30,31,32)/b27-9-. The van der Waals surface area contributed by atoms with Crippen LogP contribution in [0.15, 0.2) is 58.1 Å². The third-order valence-electron chi connectivity index (χ3n) is 4.02. The van der Waals surface area contributed by atoms with Gasteiger partial charge in [0.2, 0.25) is 5.95 Å². The molecule has 0 radical (unpaired) electrons. The van der Waals surface area contributed by atoms with E-state index in [2.05, 4.69) is 51.5 Å². The maximum atomic E-state index is 12.9. The quantitative estimate of drug-likeness (QED) is 0.153. The fourth-order valence-electron chi connectivity index (χ4n) is 2.45. The number of nitrogens with one attached hydrogen (secondary N) is 2. The van der Waals surface area contributed by atoms with Crippen molar-refractivity contribution in [1.29, 1.82) is 0 Å². The van der Waals surface area contributed by atoms with Crippen molar-refractivity contribution in [3.05, 3.63) is 68.7 Å². The summed E-state index contributed by atoms with van der Waals surface area (Å²) in [6.07, 6.45) is -14.6. The highest BCUT2D eigenvalue weighted by Gasteiger charge is 2.59. The van der Waals surface area contributed by atoms with E-state index in [-0.39, 0.29) is 11.4 Å². The summed E-state index contributed by atoms with van der Waals surface area (Å²) in [6, 6.07) is 10.1. The van der Waals surface area contributed by atoms with Crippen molar-refractivity contribution in [1.82, 2.24) is 15.0 Å². The lowest BCUT2D eigenvalue weighted by molar-refractivity contribution is -0.384. The Kier molecular flexibility index (Phi) is 7.91. The van der Waals surface area contributed by atoms with Crippen molar-refractivity contribution in [3.8, 4) is 6.01 Å². The minimum absolute atomic E-state index is 0.130. The summed E-state index contributed by atoms with van der Waals surface area (Å²) in [5, 5.41) is 17.1. The maximum absolute atomic E-state index is 12.9. The summed E-state index contributed by atoms with van der Waals surface area (Å²) in [5.41, 5.74) is 2.73. The van der Waals surface area contributed by atoms with Gasteiger partial charge < -0.3 is 10.1 Å². The lowest BCUT2D eigenvalue weighted by Gasteiger charge is -2.22. The highest BCUT2D eigenvalue weighted by Crippen LogP contribution is 2.36. The molecule has 0 bridgehead atoms. The molecule has 3 aromatic rings. The molecule has 0 spiro atoms. The van der Waals surface area contributed by atoms with Crippen molar-refractivity contribution in [3.63, 3.8) is 0 Å². The predicted molar refractivity (Wildman–Crippen MR) is 118 cm³/mol. The third kappa shape index (κ3) is 7.49. The van der Waals surface area contributed by atoms with Crippen LogP contribution in [-0.2, 0) is 0 Å². The van der Waals surface area contributed by atoms with Crippen LogP contribution in [0.2, 0.25) is 0 Å². The van der Waals surface area contributed by atoms with E-state index < -0.39 is 41.3 Å². The van der Waals surface area contributed by atoms with E-state index in [9.17, 15) is 36.5 Å². The van der Waals surface area contributed by atoms with Gasteiger partial charge >= 0.3 is 18.4 Å². The van der Waals surface area contributed by atoms with Crippen LogP contribution in [0, 0.1) is 10.1 Å². The van der Waals surface area contributed by atoms with Gasteiger partial charge in [0.25, 0.3) is 17.7 Å². The van der Waals surface area contributed by atoms with Crippen LogP contribution in [0.3, 0.4) is 0 Å². The van der Waals surface area contributed by atoms with Gasteiger partial charge in [0.05, 0.1) is 11.1 Å². The van der Waals surface area contributed by atoms with Crippen molar-refractivity contribution in [2.75, 3.05) is 10.7 Å². The number of nitro groups is 1. The van der Waals surface area contributed by atoms with E-state index in [1.165, 1.54) is 18.3 Å². The van der Waals surface area contributed by atoms with E-state index in [1.54, 1.807) is 24.3 Å². The molecule has 10 nitrogen and oxygen atoms in total. The van der Waals surface area contributed by atoms with Crippen molar-refractivity contribution in [2.24, 2.45) is 5.10 Å². The van der Waals surface area contributed by atoms with Crippen LogP contribution in [0.4, 0.5) is 49.6 Å². The van der Waals surface area contributed by atoms with E-state index in [1.807, 2.05) is 0 Å². The molecular formula is C19H12BrF6N7O3. The smallest absolute Gasteiger partial charge is 0.434 e. The zero-order valence-electron chi connectivity index (χ0n) is 17.4. The molecular weight excluding hydrogens is 568 g/mol. The summed E-state index contributed by atoms with van der Waals surface area (Å²) in [4.78, 5) is 20.8. The molecule has 0 saturated heterocycles. The maximum Gasteiger partial charge on any atom is 0.434 e. The van der Waals surface area contributed by atoms with E-state index >= 15 is 0 Å². The Morgan fingerprint density at radius 1 is 0.944 bits per heavy atom. The molecule has 36 heavy (non-hydrogen) atoms. The molecule has 0 amide bonds. The van der Waals surface area contributed by atoms with Gasteiger partial charge in [0, 0.05) is 22.3 Å². The molecule has 2 N–H and O–H groups in total. The minimum Gasteiger partial charge on any atom is -0.440 e. The van der Waals surface area contributed by atoms with Crippen LogP contribution >= 0.6 is 15.9 Å². The van der Waals surface area contributed by atoms with Gasteiger partial charge in [-0.3, -0.25) is 10.1 Å². The molecule has 0 fully saturated rings. The number of alkyl halides is 6. The Morgan fingerprint density at radius 3 is 2.08 bits per heavy atom. The number of hydrogen-bond donors (Lipinski definition) is 2. The summed E-state index contributed by atoms with van der Waals surface area (Å²) >= 11 is 3.25. The molecule has 1 heterocycles. The first-order valence-electron chi connectivity index (χ1n) is 9.43. The van der Waals surface area contributed by atoms with Gasteiger partial charge in [-0.1, -0.05) is 28.1 Å². The average Bonchev–Trinajstić information content (AvgIpc) is 2.78. The predicted octanol–water partition coefficient (Wildman–Crippen LogP) is 5.60. The first-order chi connectivity index (χ1) is 16.8. The zero-order chi connectivity index (χ0) is 26.5. The Hall–Kier alpha value is -4.02. The number of aromatic nitrogens is 3. The van der Waals surface area contributed by atoms with Gasteiger partial charge in [-0.2, -0.15) is 46.4 Å². The zero-order valence-corrected chi connectivity index (χ0v) is 19.0. The molecule has 17 heteroatoms. The number of anilines is 3. The van der Waals surface area contributed by atoms with Crippen molar-refractivity contribution in [2.45, 2.75) is 18.5 Å². The average molecular weight is 580 g/mol. The van der Waals surface area contributed by atoms with Gasteiger partial charge in [0.1, 0.15) is 0 Å². The summed E-state index contributed by atoms with van der Waals surface area (Å²) in [6.45, 7) is 0. The topological polar surface area (TPSA) is 127 Å². The Balaban J connectivity index is 1.91. The molecule has 0 aliphatic rings. The molecule has 0 saturated carbocycles. The van der Waals surface area contributed by atoms with Gasteiger partial charge in [0.15, 0.2) is 0 Å². The summed E-state index contributed by atoms with van der Waals surface area (Å²) in [7, 11) is 0. The molecule has 0 aliphatic carbocycles. The normalized spacial score (nSPS) is 12.1. The molecule has 0 atom stereocenters. The number of hydrogen-bond acceptors (Lipinski definition) is 9. The van der Waals surface area contributed by atoms with E-state index in [4.69, 9.17) is 0 Å². The van der Waals surface area contributed by atoms with E-state index in [0.29, 0.717) is 5.56 Å². The molecule has 3 rings (SSSR count). The van der Waals surface area contributed by atoms with Crippen molar-refractivity contribution >= 4 is 45.4 Å². The highest BCUT2D eigenvalue weighted by atomic mass is 79.9. The van der Waals surface area contributed by atoms with Crippen LogP contribution in [0.25, 0.3) is 0 Å². The molecule has 1 aromatic heterocycles. The van der Waals surface area contributed by atoms with E-state index in [0.717, 1.165) is 16.6 Å². The number of hydrazone groups is 1. The van der Waals surface area contributed by atoms with Crippen LogP contribution in [-0.4, -0.2) is 44.5 Å². The SMILES string of the molecule is O=[N+]([O-])c1ccc(Nc2nc(N/N=C\c3ccc(Br)cc3)nc(OC(C(F)(F)F)C(F)(F)F)n2)cc1. The Morgan fingerprint density at radius 2 is 1.53 bits per heavy atom. The summed E-state index contributed by atoms with van der Waals surface area (Å²) in [5.74, 6) is -1.08. The number of halogens is 7. The largest absolute Gasteiger partial charge is 0.440 e. The van der Waals surface area contributed by atoms with Crippen molar-refractivity contribution < 1.29 is 36.0 Å². The van der Waals surface area contributed by atoms with Crippen LogP contribution < -0.4 is 15.5 Å². The summed E-state index contributed by atoms with van der Waals surface area (Å²) < 4.78 is 82.5. The highest BCUT2D eigenvalue weighted by molar-refractivity contribution is 9.10. The number of non-ortho nitro benzene ring substituents is 1. The fraction of sp³-hybridized carbons (Fsp3) is 0.158. The molecule has 0 aliphatic heterocycles. The number of nitrogens with zero attached hydrogens (tertiary/aromatic N) is 5. The second-order valence-corrected chi connectivity index (χ2v) is 7.61. The second-order valence-electron chi connectivity index (χ2n) is 6.70. The minimum atomic E-state index is -5.82. The van der Waals surface area contributed by atoms with Crippen LogP contribution in [0.1, 0.15) is 5.56 Å². The monoisotopic (exact) mass is 579 g/mol. The van der Waals surface area contributed by atoms with Gasteiger partial charge in [-0.05, 0) is 29.8 Å². The number of ether oxygens (including phenoxy) is 1.